The largest absolute Gasteiger partial charge is 0.357 e. The summed E-state index contributed by atoms with van der Waals surface area (Å²) in [6.45, 7) is 8.53. The molecule has 2 N–H and O–H groups in total. The molecule has 7 heteroatoms. The first kappa shape index (κ1) is 21.7. The van der Waals surface area contributed by atoms with E-state index in [1.54, 1.807) is 6.07 Å². The zero-order valence-electron chi connectivity index (χ0n) is 16.2. The number of hydrogen-bond acceptors (Lipinski definition) is 2. The zero-order chi connectivity index (χ0) is 18.5. The number of aromatic nitrogens is 2. The summed E-state index contributed by atoms with van der Waals surface area (Å²) in [5.41, 5.74) is 3.03. The molecule has 1 aromatic carbocycles. The number of halogens is 2. The van der Waals surface area contributed by atoms with Crippen LogP contribution in [0, 0.1) is 19.7 Å². The summed E-state index contributed by atoms with van der Waals surface area (Å²) in [7, 11) is 0. The molecule has 27 heavy (non-hydrogen) atoms. The zero-order valence-corrected chi connectivity index (χ0v) is 18.5. The van der Waals surface area contributed by atoms with Crippen molar-refractivity contribution >= 4 is 29.9 Å². The third-order valence-corrected chi connectivity index (χ3v) is 4.66. The van der Waals surface area contributed by atoms with Gasteiger partial charge in [-0.2, -0.15) is 5.10 Å². The van der Waals surface area contributed by atoms with Crippen molar-refractivity contribution in [2.24, 2.45) is 4.99 Å². The van der Waals surface area contributed by atoms with E-state index in [9.17, 15) is 4.39 Å². The highest BCUT2D eigenvalue weighted by atomic mass is 127. The molecule has 148 valence electrons. The second-order valence-corrected chi connectivity index (χ2v) is 6.88. The molecule has 1 saturated carbocycles. The van der Waals surface area contributed by atoms with Crippen LogP contribution in [-0.2, 0) is 6.54 Å². The minimum atomic E-state index is -0.117. The Morgan fingerprint density at radius 3 is 2.78 bits per heavy atom. The molecule has 1 aliphatic rings. The van der Waals surface area contributed by atoms with Crippen LogP contribution in [0.5, 0.6) is 0 Å². The van der Waals surface area contributed by atoms with E-state index >= 15 is 0 Å². The van der Waals surface area contributed by atoms with Crippen LogP contribution in [0.2, 0.25) is 0 Å². The van der Waals surface area contributed by atoms with Gasteiger partial charge in [0, 0.05) is 37.3 Å². The number of guanidine groups is 1. The van der Waals surface area contributed by atoms with Crippen molar-refractivity contribution in [2.45, 2.75) is 52.1 Å². The fraction of sp³-hybridized carbons (Fsp3) is 0.500. The Morgan fingerprint density at radius 2 is 2.11 bits per heavy atom. The number of nitrogens with zero attached hydrogens (tertiary/aromatic N) is 3. The van der Waals surface area contributed by atoms with E-state index in [4.69, 9.17) is 0 Å². The topological polar surface area (TPSA) is 54.2 Å². The Balaban J connectivity index is 0.00000261. The van der Waals surface area contributed by atoms with Crippen LogP contribution >= 0.6 is 24.0 Å². The molecule has 0 bridgehead atoms. The highest BCUT2D eigenvalue weighted by Crippen LogP contribution is 2.41. The second kappa shape index (κ2) is 10.1. The van der Waals surface area contributed by atoms with E-state index in [1.807, 2.05) is 30.7 Å². The van der Waals surface area contributed by atoms with Crippen molar-refractivity contribution in [3.8, 4) is 0 Å². The lowest BCUT2D eigenvalue weighted by molar-refractivity contribution is 0.567. The Bertz CT molecular complexity index is 773. The molecule has 0 radical (unpaired) electrons. The molecule has 2 atom stereocenters. The van der Waals surface area contributed by atoms with Crippen LogP contribution in [0.4, 0.5) is 4.39 Å². The Kier molecular flexibility index (Phi) is 8.07. The van der Waals surface area contributed by atoms with Gasteiger partial charge in [-0.3, -0.25) is 9.67 Å². The average molecular weight is 485 g/mol. The minimum absolute atomic E-state index is 0. The fourth-order valence-electron chi connectivity index (χ4n) is 3.28. The number of rotatable bonds is 7. The average Bonchev–Trinajstić information content (AvgIpc) is 3.28. The molecule has 2 unspecified atom stereocenters. The lowest BCUT2D eigenvalue weighted by Gasteiger charge is -2.11. The molecule has 0 aliphatic heterocycles. The fourth-order valence-corrected chi connectivity index (χ4v) is 3.28. The van der Waals surface area contributed by atoms with Crippen molar-refractivity contribution < 1.29 is 4.39 Å². The van der Waals surface area contributed by atoms with Crippen LogP contribution in [0.3, 0.4) is 0 Å². The molecule has 3 rings (SSSR count). The molecular formula is C20H29FIN5. The van der Waals surface area contributed by atoms with Gasteiger partial charge in [0.05, 0.1) is 5.69 Å². The molecule has 1 fully saturated rings. The van der Waals surface area contributed by atoms with Crippen LogP contribution < -0.4 is 10.6 Å². The predicted octanol–water partition coefficient (Wildman–Crippen LogP) is 3.76. The maximum atomic E-state index is 13.9. The highest BCUT2D eigenvalue weighted by molar-refractivity contribution is 14.0. The number of benzene rings is 1. The summed E-state index contributed by atoms with van der Waals surface area (Å²) < 4.78 is 15.9. The summed E-state index contributed by atoms with van der Waals surface area (Å²) >= 11 is 0. The van der Waals surface area contributed by atoms with Gasteiger partial charge in [-0.15, -0.1) is 24.0 Å². The van der Waals surface area contributed by atoms with Crippen molar-refractivity contribution in [1.29, 1.82) is 0 Å². The van der Waals surface area contributed by atoms with E-state index in [1.165, 1.54) is 11.8 Å². The third kappa shape index (κ3) is 5.92. The number of aliphatic imine (C=N–C) groups is 1. The maximum absolute atomic E-state index is 13.9. The summed E-state index contributed by atoms with van der Waals surface area (Å²) in [5.74, 6) is 0.924. The molecule has 1 aromatic heterocycles. The van der Waals surface area contributed by atoms with E-state index in [0.717, 1.165) is 49.7 Å². The van der Waals surface area contributed by atoms with Crippen LogP contribution in [-0.4, -0.2) is 34.9 Å². The van der Waals surface area contributed by atoms with Crippen LogP contribution in [0.25, 0.3) is 0 Å². The quantitative estimate of drug-likeness (QED) is 0.272. The molecule has 0 saturated heterocycles. The normalized spacial score (nSPS) is 18.7. The Labute approximate surface area is 177 Å². The van der Waals surface area contributed by atoms with Gasteiger partial charge in [-0.1, -0.05) is 18.2 Å². The first-order valence-electron chi connectivity index (χ1n) is 9.38. The van der Waals surface area contributed by atoms with Gasteiger partial charge in [-0.25, -0.2) is 4.39 Å². The van der Waals surface area contributed by atoms with Crippen LogP contribution in [0.1, 0.15) is 42.6 Å². The molecule has 1 aliphatic carbocycles. The lowest BCUT2D eigenvalue weighted by atomic mass is 10.1. The van der Waals surface area contributed by atoms with E-state index in [0.29, 0.717) is 0 Å². The lowest BCUT2D eigenvalue weighted by Crippen LogP contribution is -2.39. The monoisotopic (exact) mass is 485 g/mol. The van der Waals surface area contributed by atoms with Gasteiger partial charge in [0.1, 0.15) is 5.82 Å². The summed E-state index contributed by atoms with van der Waals surface area (Å²) in [6, 6.07) is 9.37. The third-order valence-electron chi connectivity index (χ3n) is 4.66. The number of nitrogens with one attached hydrogen (secondary N) is 2. The molecular weight excluding hydrogens is 456 g/mol. The van der Waals surface area contributed by atoms with E-state index in [-0.39, 0.29) is 41.8 Å². The number of hydrogen-bond donors (Lipinski definition) is 2. The SMILES string of the molecule is CCNC(=NCCCn1nc(C)cc1C)NC1CC1c1ccccc1F.I. The first-order chi connectivity index (χ1) is 12.6. The van der Waals surface area contributed by atoms with Gasteiger partial charge in [0.25, 0.3) is 0 Å². The van der Waals surface area contributed by atoms with E-state index < -0.39 is 0 Å². The van der Waals surface area contributed by atoms with Crippen LogP contribution in [0.15, 0.2) is 35.3 Å². The molecule has 1 heterocycles. The first-order valence-corrected chi connectivity index (χ1v) is 9.38. The summed E-state index contributed by atoms with van der Waals surface area (Å²) in [4.78, 5) is 4.66. The molecule has 0 amide bonds. The van der Waals surface area contributed by atoms with Crippen molar-refractivity contribution in [3.63, 3.8) is 0 Å². The van der Waals surface area contributed by atoms with Crippen molar-refractivity contribution in [3.05, 3.63) is 53.1 Å². The minimum Gasteiger partial charge on any atom is -0.357 e. The Hall–Kier alpha value is -1.64. The molecule has 5 nitrogen and oxygen atoms in total. The summed E-state index contributed by atoms with van der Waals surface area (Å²) in [6.07, 6.45) is 1.87. The summed E-state index contributed by atoms with van der Waals surface area (Å²) in [5, 5.41) is 11.2. The van der Waals surface area contributed by atoms with E-state index in [2.05, 4.69) is 33.7 Å². The Morgan fingerprint density at radius 1 is 1.33 bits per heavy atom. The van der Waals surface area contributed by atoms with Gasteiger partial charge in [0.2, 0.25) is 0 Å². The van der Waals surface area contributed by atoms with Gasteiger partial charge < -0.3 is 10.6 Å². The number of aryl methyl sites for hydroxylation is 3. The van der Waals surface area contributed by atoms with Crippen molar-refractivity contribution in [2.75, 3.05) is 13.1 Å². The standard InChI is InChI=1S/C20H28FN5.HI/c1-4-22-20(23-10-7-11-26-15(3)12-14(2)25-26)24-19-13-17(19)16-8-5-6-9-18(16)21;/h5-6,8-9,12,17,19H,4,7,10-11,13H2,1-3H3,(H2,22,23,24);1H. The van der Waals surface area contributed by atoms with Gasteiger partial charge in [0.15, 0.2) is 5.96 Å². The van der Waals surface area contributed by atoms with Crippen molar-refractivity contribution in [1.82, 2.24) is 20.4 Å². The predicted molar refractivity (Wildman–Crippen MR) is 118 cm³/mol. The van der Waals surface area contributed by atoms with Gasteiger partial charge in [-0.05, 0) is 51.3 Å². The highest BCUT2D eigenvalue weighted by Gasteiger charge is 2.40. The smallest absolute Gasteiger partial charge is 0.191 e. The maximum Gasteiger partial charge on any atom is 0.191 e. The van der Waals surface area contributed by atoms with Gasteiger partial charge >= 0.3 is 0 Å². The molecule has 2 aromatic rings. The second-order valence-electron chi connectivity index (χ2n) is 6.88. The molecule has 0 spiro atoms.